The number of hydrogen-bond donors (Lipinski definition) is 0. The Hall–Kier alpha value is -2.67. The first-order valence-corrected chi connectivity index (χ1v) is 4.93. The second-order valence-electron chi connectivity index (χ2n) is 3.43. The molecule has 0 aliphatic carbocycles. The van der Waals surface area contributed by atoms with Crippen molar-refractivity contribution >= 4 is 11.4 Å². The number of benzene rings is 2. The molecule has 0 radical (unpaired) electrons. The maximum atomic E-state index is 10.9. The van der Waals surface area contributed by atoms with Gasteiger partial charge in [-0.2, -0.15) is 0 Å². The molecule has 0 spiro atoms. The van der Waals surface area contributed by atoms with Gasteiger partial charge in [-0.1, -0.05) is 36.4 Å². The highest BCUT2D eigenvalue weighted by molar-refractivity contribution is 5.74. The average Bonchev–Trinajstić information content (AvgIpc) is 2.39. The van der Waals surface area contributed by atoms with Crippen molar-refractivity contribution in [1.29, 1.82) is 0 Å². The summed E-state index contributed by atoms with van der Waals surface area (Å²) in [5.41, 5.74) is 1.90. The van der Waals surface area contributed by atoms with Crippen LogP contribution >= 0.6 is 0 Å². The van der Waals surface area contributed by atoms with Gasteiger partial charge in [0, 0.05) is 6.07 Å². The second-order valence-corrected chi connectivity index (χ2v) is 3.43. The minimum Gasteiger partial charge on any atom is -0.258 e. The summed E-state index contributed by atoms with van der Waals surface area (Å²) in [7, 11) is 0. The molecule has 0 fully saturated rings. The van der Waals surface area contributed by atoms with E-state index in [1.165, 1.54) is 6.07 Å². The van der Waals surface area contributed by atoms with E-state index in [1.807, 2.05) is 0 Å². The number of para-hydroxylation sites is 1. The van der Waals surface area contributed by atoms with Crippen molar-refractivity contribution in [3.8, 4) is 11.1 Å². The monoisotopic (exact) mass is 224 g/mol. The standard InChI is InChI=1S/C13H8N2O2/c1-14-11-8-6-10(7-9-11)12-4-2-3-5-13(12)15(16)17/h2-9H. The Bertz CT molecular complexity index is 598. The molecule has 2 rings (SSSR count). The molecule has 0 aliphatic rings. The van der Waals surface area contributed by atoms with Crippen molar-refractivity contribution in [2.24, 2.45) is 0 Å². The third kappa shape index (κ3) is 2.13. The second kappa shape index (κ2) is 4.45. The van der Waals surface area contributed by atoms with Crippen LogP contribution in [0.15, 0.2) is 48.5 Å². The van der Waals surface area contributed by atoms with Gasteiger partial charge in [0.15, 0.2) is 5.69 Å². The van der Waals surface area contributed by atoms with Gasteiger partial charge in [0.1, 0.15) is 0 Å². The van der Waals surface area contributed by atoms with E-state index < -0.39 is 4.92 Å². The Morgan fingerprint density at radius 1 is 1.06 bits per heavy atom. The van der Waals surface area contributed by atoms with Crippen molar-refractivity contribution in [3.63, 3.8) is 0 Å². The Labute approximate surface area is 98.1 Å². The zero-order valence-electron chi connectivity index (χ0n) is 8.83. The normalized spacial score (nSPS) is 9.59. The van der Waals surface area contributed by atoms with Gasteiger partial charge < -0.3 is 0 Å². The molecule has 0 aromatic heterocycles. The maximum Gasteiger partial charge on any atom is 0.277 e. The van der Waals surface area contributed by atoms with Crippen LogP contribution in [0.4, 0.5) is 11.4 Å². The number of rotatable bonds is 2. The highest BCUT2D eigenvalue weighted by atomic mass is 16.6. The SMILES string of the molecule is [C-]#[N+]c1ccc(-c2ccccc2[N+](=O)[O-])cc1. The van der Waals surface area contributed by atoms with Crippen LogP contribution in [0, 0.1) is 16.7 Å². The van der Waals surface area contributed by atoms with Gasteiger partial charge in [-0.3, -0.25) is 10.1 Å². The Morgan fingerprint density at radius 3 is 2.29 bits per heavy atom. The number of nitrogens with zero attached hydrogens (tertiary/aromatic N) is 2. The van der Waals surface area contributed by atoms with E-state index in [2.05, 4.69) is 4.85 Å². The molecule has 4 heteroatoms. The first-order chi connectivity index (χ1) is 8.22. The molecule has 0 bridgehead atoms. The molecular weight excluding hydrogens is 216 g/mol. The summed E-state index contributed by atoms with van der Waals surface area (Å²) < 4.78 is 0. The summed E-state index contributed by atoms with van der Waals surface area (Å²) >= 11 is 0. The molecule has 0 amide bonds. The molecule has 2 aromatic carbocycles. The lowest BCUT2D eigenvalue weighted by Crippen LogP contribution is -1.91. The molecule has 0 heterocycles. The Morgan fingerprint density at radius 2 is 1.71 bits per heavy atom. The molecule has 0 saturated carbocycles. The van der Waals surface area contributed by atoms with Crippen LogP contribution in [0.5, 0.6) is 0 Å². The number of nitro groups is 1. The van der Waals surface area contributed by atoms with Gasteiger partial charge in [-0.15, -0.1) is 0 Å². The topological polar surface area (TPSA) is 47.5 Å². The highest BCUT2D eigenvalue weighted by Gasteiger charge is 2.13. The fourth-order valence-corrected chi connectivity index (χ4v) is 1.59. The van der Waals surface area contributed by atoms with E-state index in [0.717, 1.165) is 5.56 Å². The molecule has 2 aromatic rings. The molecule has 0 atom stereocenters. The molecule has 0 N–H and O–H groups in total. The fourth-order valence-electron chi connectivity index (χ4n) is 1.59. The molecule has 82 valence electrons. The van der Waals surface area contributed by atoms with Crippen molar-refractivity contribution in [2.45, 2.75) is 0 Å². The van der Waals surface area contributed by atoms with E-state index in [0.29, 0.717) is 11.3 Å². The van der Waals surface area contributed by atoms with Crippen LogP contribution in [0.3, 0.4) is 0 Å². The summed E-state index contributed by atoms with van der Waals surface area (Å²) in [6.07, 6.45) is 0. The van der Waals surface area contributed by atoms with Crippen LogP contribution in [0.25, 0.3) is 16.0 Å². The fraction of sp³-hybridized carbons (Fsp3) is 0. The van der Waals surface area contributed by atoms with Crippen LogP contribution in [-0.2, 0) is 0 Å². The quantitative estimate of drug-likeness (QED) is 0.442. The zero-order chi connectivity index (χ0) is 12.3. The average molecular weight is 224 g/mol. The third-order valence-electron chi connectivity index (χ3n) is 2.41. The first-order valence-electron chi connectivity index (χ1n) is 4.93. The molecule has 0 saturated heterocycles. The highest BCUT2D eigenvalue weighted by Crippen LogP contribution is 2.30. The lowest BCUT2D eigenvalue weighted by Gasteiger charge is -2.02. The zero-order valence-corrected chi connectivity index (χ0v) is 8.83. The number of nitro benzene ring substituents is 1. The minimum absolute atomic E-state index is 0.0723. The van der Waals surface area contributed by atoms with Gasteiger partial charge in [-0.05, 0) is 11.6 Å². The van der Waals surface area contributed by atoms with Crippen LogP contribution in [0.1, 0.15) is 0 Å². The van der Waals surface area contributed by atoms with Gasteiger partial charge >= 0.3 is 0 Å². The minimum atomic E-state index is -0.405. The molecule has 17 heavy (non-hydrogen) atoms. The Balaban J connectivity index is 2.53. The van der Waals surface area contributed by atoms with Gasteiger partial charge in [0.05, 0.1) is 17.1 Å². The third-order valence-corrected chi connectivity index (χ3v) is 2.41. The van der Waals surface area contributed by atoms with Crippen molar-refractivity contribution in [2.75, 3.05) is 0 Å². The lowest BCUT2D eigenvalue weighted by molar-refractivity contribution is -0.384. The van der Waals surface area contributed by atoms with E-state index in [-0.39, 0.29) is 5.69 Å². The first kappa shape index (κ1) is 10.8. The van der Waals surface area contributed by atoms with Crippen molar-refractivity contribution < 1.29 is 4.92 Å². The molecule has 0 aliphatic heterocycles. The van der Waals surface area contributed by atoms with Crippen LogP contribution < -0.4 is 0 Å². The predicted molar refractivity (Wildman–Crippen MR) is 64.8 cm³/mol. The Kier molecular flexibility index (Phi) is 2.84. The van der Waals surface area contributed by atoms with Gasteiger partial charge in [-0.25, -0.2) is 4.85 Å². The molecule has 0 unspecified atom stereocenters. The van der Waals surface area contributed by atoms with Crippen molar-refractivity contribution in [1.82, 2.24) is 0 Å². The largest absolute Gasteiger partial charge is 0.277 e. The van der Waals surface area contributed by atoms with E-state index in [9.17, 15) is 10.1 Å². The molecule has 4 nitrogen and oxygen atoms in total. The van der Waals surface area contributed by atoms with Gasteiger partial charge in [0.25, 0.3) is 5.69 Å². The number of hydrogen-bond acceptors (Lipinski definition) is 2. The maximum absolute atomic E-state index is 10.9. The summed E-state index contributed by atoms with van der Waals surface area (Å²) in [4.78, 5) is 13.7. The predicted octanol–water partition coefficient (Wildman–Crippen LogP) is 3.81. The lowest BCUT2D eigenvalue weighted by atomic mass is 10.0. The summed E-state index contributed by atoms with van der Waals surface area (Å²) in [6, 6.07) is 13.3. The molecular formula is C13H8N2O2. The van der Waals surface area contributed by atoms with Crippen molar-refractivity contribution in [3.05, 3.63) is 70.1 Å². The smallest absolute Gasteiger partial charge is 0.258 e. The van der Waals surface area contributed by atoms with Crippen LogP contribution in [0.2, 0.25) is 0 Å². The summed E-state index contributed by atoms with van der Waals surface area (Å²) in [6.45, 7) is 6.85. The van der Waals surface area contributed by atoms with E-state index in [1.54, 1.807) is 42.5 Å². The van der Waals surface area contributed by atoms with E-state index >= 15 is 0 Å². The van der Waals surface area contributed by atoms with Gasteiger partial charge in [0.2, 0.25) is 0 Å². The van der Waals surface area contributed by atoms with Crippen LogP contribution in [-0.4, -0.2) is 4.92 Å². The summed E-state index contributed by atoms with van der Waals surface area (Å²) in [5, 5.41) is 10.9. The van der Waals surface area contributed by atoms with E-state index in [4.69, 9.17) is 6.57 Å². The summed E-state index contributed by atoms with van der Waals surface area (Å²) in [5.74, 6) is 0.